The van der Waals surface area contributed by atoms with Crippen molar-refractivity contribution in [2.75, 3.05) is 26.2 Å². The zero-order chi connectivity index (χ0) is 21.4. The van der Waals surface area contributed by atoms with Gasteiger partial charge in [0.1, 0.15) is 0 Å². The van der Waals surface area contributed by atoms with Crippen LogP contribution in [-0.4, -0.2) is 57.0 Å². The number of aryl methyl sites for hydroxylation is 2. The van der Waals surface area contributed by atoms with E-state index in [0.717, 1.165) is 35.9 Å². The van der Waals surface area contributed by atoms with Crippen LogP contribution in [0.2, 0.25) is 0 Å². The summed E-state index contributed by atoms with van der Waals surface area (Å²) in [7, 11) is 0. The molecule has 1 amide bonds. The molecule has 1 fully saturated rings. The molecule has 158 valence electrons. The molecule has 31 heavy (non-hydrogen) atoms. The van der Waals surface area contributed by atoms with Crippen LogP contribution in [0.1, 0.15) is 26.6 Å². The van der Waals surface area contributed by atoms with Crippen molar-refractivity contribution in [2.45, 2.75) is 20.4 Å². The third-order valence-corrected chi connectivity index (χ3v) is 6.63. The van der Waals surface area contributed by atoms with Gasteiger partial charge in [0.15, 0.2) is 0 Å². The third-order valence-electron chi connectivity index (χ3n) is 5.61. The Morgan fingerprint density at radius 1 is 1.13 bits per heavy atom. The molecule has 4 aromatic heterocycles. The van der Waals surface area contributed by atoms with Gasteiger partial charge in [0, 0.05) is 43.8 Å². The summed E-state index contributed by atoms with van der Waals surface area (Å²) < 4.78 is 5.44. The van der Waals surface area contributed by atoms with E-state index in [9.17, 15) is 4.79 Å². The smallest absolute Gasteiger partial charge is 0.259 e. The fraction of sp³-hybridized carbons (Fsp3) is 0.304. The molecule has 0 saturated carbocycles. The maximum atomic E-state index is 13.5. The molecular formula is C23H23N5O2S. The Labute approximate surface area is 184 Å². The van der Waals surface area contributed by atoms with Crippen molar-refractivity contribution in [1.82, 2.24) is 24.9 Å². The van der Waals surface area contributed by atoms with E-state index in [-0.39, 0.29) is 5.91 Å². The normalized spacial score (nSPS) is 15.0. The monoisotopic (exact) mass is 433 g/mol. The molecule has 0 N–H and O–H groups in total. The standard InChI is InChI=1S/C23H23N5O2S/c1-15-6-7-20(31-15)19-13-18(21-16(2)26-30-22(21)25-19)23(29)28-11-9-27(10-12-28)14-17-5-3-4-8-24-17/h3-8,13H,9-12,14H2,1-2H3. The SMILES string of the molecule is Cc1ccc(-c2cc(C(=O)N3CCN(Cc4ccccn4)CC3)c3c(C)noc3n2)s1. The molecule has 0 bridgehead atoms. The highest BCUT2D eigenvalue weighted by Crippen LogP contribution is 2.31. The van der Waals surface area contributed by atoms with Crippen molar-refractivity contribution in [1.29, 1.82) is 0 Å². The Kier molecular flexibility index (Phi) is 5.25. The molecule has 7 nitrogen and oxygen atoms in total. The van der Waals surface area contributed by atoms with E-state index in [1.54, 1.807) is 11.3 Å². The van der Waals surface area contributed by atoms with Crippen molar-refractivity contribution in [3.63, 3.8) is 0 Å². The van der Waals surface area contributed by atoms with Crippen LogP contribution in [0.3, 0.4) is 0 Å². The second-order valence-electron chi connectivity index (χ2n) is 7.80. The lowest BCUT2D eigenvalue weighted by molar-refractivity contribution is 0.0629. The molecule has 0 atom stereocenters. The van der Waals surface area contributed by atoms with E-state index >= 15 is 0 Å². The van der Waals surface area contributed by atoms with Crippen LogP contribution in [-0.2, 0) is 6.54 Å². The molecule has 0 unspecified atom stereocenters. The number of piperazine rings is 1. The minimum atomic E-state index is 0.00529. The molecule has 1 saturated heterocycles. The minimum Gasteiger partial charge on any atom is -0.336 e. The van der Waals surface area contributed by atoms with Gasteiger partial charge < -0.3 is 9.42 Å². The topological polar surface area (TPSA) is 75.4 Å². The predicted molar refractivity (Wildman–Crippen MR) is 120 cm³/mol. The van der Waals surface area contributed by atoms with Crippen LogP contribution in [0.5, 0.6) is 0 Å². The number of carbonyl (C=O) groups excluding carboxylic acids is 1. The van der Waals surface area contributed by atoms with E-state index < -0.39 is 0 Å². The molecule has 8 heteroatoms. The van der Waals surface area contributed by atoms with Gasteiger partial charge in [0.05, 0.1) is 32.9 Å². The summed E-state index contributed by atoms with van der Waals surface area (Å²) in [5.74, 6) is 0.00529. The maximum Gasteiger partial charge on any atom is 0.259 e. The van der Waals surface area contributed by atoms with E-state index in [0.29, 0.717) is 35.4 Å². The molecule has 5 rings (SSSR count). The van der Waals surface area contributed by atoms with Crippen molar-refractivity contribution in [3.05, 3.63) is 64.4 Å². The van der Waals surface area contributed by atoms with Gasteiger partial charge in [-0.15, -0.1) is 11.3 Å². The number of amides is 1. The van der Waals surface area contributed by atoms with Crippen molar-refractivity contribution >= 4 is 28.3 Å². The fourth-order valence-electron chi connectivity index (χ4n) is 3.96. The van der Waals surface area contributed by atoms with E-state index in [1.807, 2.05) is 48.4 Å². The highest BCUT2D eigenvalue weighted by atomic mass is 32.1. The van der Waals surface area contributed by atoms with Gasteiger partial charge in [-0.05, 0) is 44.2 Å². The number of hydrogen-bond donors (Lipinski definition) is 0. The summed E-state index contributed by atoms with van der Waals surface area (Å²) in [5.41, 5.74) is 3.52. The van der Waals surface area contributed by atoms with Gasteiger partial charge in [-0.3, -0.25) is 14.7 Å². The lowest BCUT2D eigenvalue weighted by Crippen LogP contribution is -2.48. The van der Waals surface area contributed by atoms with Crippen molar-refractivity contribution < 1.29 is 9.32 Å². The largest absolute Gasteiger partial charge is 0.336 e. The summed E-state index contributed by atoms with van der Waals surface area (Å²) >= 11 is 1.65. The van der Waals surface area contributed by atoms with Gasteiger partial charge in [0.25, 0.3) is 11.6 Å². The number of rotatable bonds is 4. The van der Waals surface area contributed by atoms with Crippen molar-refractivity contribution in [3.8, 4) is 10.6 Å². The Balaban J connectivity index is 1.39. The summed E-state index contributed by atoms with van der Waals surface area (Å²) in [4.78, 5) is 29.0. The number of fused-ring (bicyclic) bond motifs is 1. The number of carbonyl (C=O) groups is 1. The number of nitrogens with zero attached hydrogens (tertiary/aromatic N) is 5. The van der Waals surface area contributed by atoms with Gasteiger partial charge in [-0.2, -0.15) is 0 Å². The Morgan fingerprint density at radius 2 is 1.97 bits per heavy atom. The van der Waals surface area contributed by atoms with Crippen LogP contribution in [0.4, 0.5) is 0 Å². The lowest BCUT2D eigenvalue weighted by atomic mass is 10.1. The minimum absolute atomic E-state index is 0.00529. The number of pyridine rings is 2. The number of hydrogen-bond acceptors (Lipinski definition) is 7. The third kappa shape index (κ3) is 3.96. The molecule has 0 radical (unpaired) electrons. The summed E-state index contributed by atoms with van der Waals surface area (Å²) in [6.45, 7) is 7.69. The predicted octanol–water partition coefficient (Wildman–Crippen LogP) is 3.92. The summed E-state index contributed by atoms with van der Waals surface area (Å²) in [5, 5.41) is 4.77. The van der Waals surface area contributed by atoms with Crippen LogP contribution >= 0.6 is 11.3 Å². The Morgan fingerprint density at radius 3 is 2.68 bits per heavy atom. The highest BCUT2D eigenvalue weighted by molar-refractivity contribution is 7.15. The Bertz CT molecular complexity index is 1230. The molecule has 5 heterocycles. The van der Waals surface area contributed by atoms with Gasteiger partial charge in [-0.1, -0.05) is 11.2 Å². The zero-order valence-corrected chi connectivity index (χ0v) is 18.4. The van der Waals surface area contributed by atoms with E-state index in [2.05, 4.69) is 33.0 Å². The average Bonchev–Trinajstić information content (AvgIpc) is 3.40. The summed E-state index contributed by atoms with van der Waals surface area (Å²) in [6.07, 6.45) is 1.82. The lowest BCUT2D eigenvalue weighted by Gasteiger charge is -2.34. The second-order valence-corrected chi connectivity index (χ2v) is 9.09. The maximum absolute atomic E-state index is 13.5. The summed E-state index contributed by atoms with van der Waals surface area (Å²) in [6, 6.07) is 11.9. The van der Waals surface area contributed by atoms with Gasteiger partial charge in [0.2, 0.25) is 0 Å². The molecule has 0 aliphatic carbocycles. The van der Waals surface area contributed by atoms with Crippen LogP contribution in [0, 0.1) is 13.8 Å². The molecule has 0 spiro atoms. The van der Waals surface area contributed by atoms with Crippen LogP contribution in [0.25, 0.3) is 21.7 Å². The first-order valence-electron chi connectivity index (χ1n) is 10.3. The molecule has 0 aromatic carbocycles. The van der Waals surface area contributed by atoms with Gasteiger partial charge >= 0.3 is 0 Å². The van der Waals surface area contributed by atoms with Crippen LogP contribution < -0.4 is 0 Å². The Hall–Kier alpha value is -3.10. The molecular weight excluding hydrogens is 410 g/mol. The average molecular weight is 434 g/mol. The second kappa shape index (κ2) is 8.20. The quantitative estimate of drug-likeness (QED) is 0.486. The highest BCUT2D eigenvalue weighted by Gasteiger charge is 2.26. The van der Waals surface area contributed by atoms with Gasteiger partial charge in [-0.25, -0.2) is 4.98 Å². The first kappa shape index (κ1) is 19.8. The molecule has 1 aliphatic heterocycles. The van der Waals surface area contributed by atoms with Crippen LogP contribution in [0.15, 0.2) is 47.1 Å². The fourth-order valence-corrected chi connectivity index (χ4v) is 4.79. The van der Waals surface area contributed by atoms with E-state index in [4.69, 9.17) is 4.52 Å². The first-order valence-corrected chi connectivity index (χ1v) is 11.2. The first-order chi connectivity index (χ1) is 15.1. The number of aromatic nitrogens is 3. The molecule has 4 aromatic rings. The van der Waals surface area contributed by atoms with Crippen molar-refractivity contribution in [2.24, 2.45) is 0 Å². The van der Waals surface area contributed by atoms with E-state index in [1.165, 1.54) is 4.88 Å². The number of thiophene rings is 1. The zero-order valence-electron chi connectivity index (χ0n) is 17.5. The molecule has 1 aliphatic rings.